The first-order valence-electron chi connectivity index (χ1n) is 3.53. The molecule has 0 fully saturated rings. The van der Waals surface area contributed by atoms with Crippen molar-refractivity contribution in [1.82, 2.24) is 0 Å². The zero-order chi connectivity index (χ0) is 8.10. The van der Waals surface area contributed by atoms with E-state index in [0.717, 1.165) is 6.42 Å². The van der Waals surface area contributed by atoms with Gasteiger partial charge in [0.1, 0.15) is 0 Å². The molecule has 1 aromatic carbocycles. The van der Waals surface area contributed by atoms with Crippen LogP contribution < -0.4 is 0 Å². The molecule has 0 saturated carbocycles. The molecule has 0 spiro atoms. The fraction of sp³-hybridized carbons (Fsp3) is 0.333. The predicted molar refractivity (Wildman–Crippen MR) is 53.3 cm³/mol. The van der Waals surface area contributed by atoms with Gasteiger partial charge in [0.05, 0.1) is 4.71 Å². The van der Waals surface area contributed by atoms with Crippen molar-refractivity contribution in [3.63, 3.8) is 0 Å². The van der Waals surface area contributed by atoms with Crippen LogP contribution in [-0.4, -0.2) is 11.0 Å². The quantitative estimate of drug-likeness (QED) is 0.654. The van der Waals surface area contributed by atoms with Gasteiger partial charge in [-0.05, 0) is 18.2 Å². The number of benzene rings is 1. The molecule has 0 N–H and O–H groups in total. The first-order chi connectivity index (χ1) is 5.33. The van der Waals surface area contributed by atoms with E-state index in [1.54, 1.807) is 11.8 Å². The Hall–Kier alpha value is -0.140. The van der Waals surface area contributed by atoms with Gasteiger partial charge in [-0.3, -0.25) is 0 Å². The summed E-state index contributed by atoms with van der Waals surface area (Å²) in [5.74, 6) is 0. The molecule has 0 radical (unpaired) electrons. The van der Waals surface area contributed by atoms with Gasteiger partial charge in [0.2, 0.25) is 0 Å². The summed E-state index contributed by atoms with van der Waals surface area (Å²) >= 11 is 7.65. The Labute approximate surface area is 77.0 Å². The molecule has 1 unspecified atom stereocenters. The van der Waals surface area contributed by atoms with Gasteiger partial charge >= 0.3 is 0 Å². The smallest absolute Gasteiger partial charge is 0.0826 e. The fourth-order valence-corrected chi connectivity index (χ4v) is 1.42. The number of rotatable bonds is 3. The monoisotopic (exact) mass is 186 g/mol. The van der Waals surface area contributed by atoms with E-state index in [1.165, 1.54) is 5.56 Å². The maximum Gasteiger partial charge on any atom is 0.0826 e. The molecule has 11 heavy (non-hydrogen) atoms. The van der Waals surface area contributed by atoms with Crippen LogP contribution in [-0.2, 0) is 6.42 Å². The predicted octanol–water partition coefficient (Wildman–Crippen LogP) is 3.16. The van der Waals surface area contributed by atoms with Crippen molar-refractivity contribution in [1.29, 1.82) is 0 Å². The molecule has 0 saturated heterocycles. The minimum atomic E-state index is 0.206. The summed E-state index contributed by atoms with van der Waals surface area (Å²) in [6, 6.07) is 10.3. The van der Waals surface area contributed by atoms with Crippen LogP contribution in [0.5, 0.6) is 0 Å². The lowest BCUT2D eigenvalue weighted by atomic mass is 10.2. The summed E-state index contributed by atoms with van der Waals surface area (Å²) in [7, 11) is 0. The van der Waals surface area contributed by atoms with Crippen LogP contribution in [0.2, 0.25) is 0 Å². The third-order valence-electron chi connectivity index (χ3n) is 1.49. The van der Waals surface area contributed by atoms with Crippen LogP contribution in [0.15, 0.2) is 30.3 Å². The summed E-state index contributed by atoms with van der Waals surface area (Å²) in [4.78, 5) is 0. The lowest BCUT2D eigenvalue weighted by molar-refractivity contribution is 1.10. The van der Waals surface area contributed by atoms with Gasteiger partial charge in [0, 0.05) is 0 Å². The van der Waals surface area contributed by atoms with Crippen molar-refractivity contribution in [2.24, 2.45) is 0 Å². The summed E-state index contributed by atoms with van der Waals surface area (Å²) < 4.78 is 0.206. The van der Waals surface area contributed by atoms with E-state index in [1.807, 2.05) is 24.5 Å². The van der Waals surface area contributed by atoms with E-state index in [0.29, 0.717) is 0 Å². The molecule has 0 aliphatic heterocycles. The molecule has 1 atom stereocenters. The third-order valence-corrected chi connectivity index (χ3v) is 2.86. The molecule has 0 aliphatic carbocycles. The second-order valence-electron chi connectivity index (χ2n) is 2.34. The van der Waals surface area contributed by atoms with Gasteiger partial charge in [-0.1, -0.05) is 30.3 Å². The van der Waals surface area contributed by atoms with Gasteiger partial charge < -0.3 is 0 Å². The van der Waals surface area contributed by atoms with Crippen molar-refractivity contribution in [3.05, 3.63) is 35.9 Å². The highest BCUT2D eigenvalue weighted by Gasteiger charge is 2.01. The van der Waals surface area contributed by atoms with Crippen molar-refractivity contribution < 1.29 is 0 Å². The van der Waals surface area contributed by atoms with E-state index in [-0.39, 0.29) is 4.71 Å². The van der Waals surface area contributed by atoms with Crippen LogP contribution in [0, 0.1) is 0 Å². The Morgan fingerprint density at radius 1 is 1.36 bits per heavy atom. The molecule has 2 heteroatoms. The van der Waals surface area contributed by atoms with E-state index < -0.39 is 0 Å². The van der Waals surface area contributed by atoms with Crippen LogP contribution in [0.25, 0.3) is 0 Å². The lowest BCUT2D eigenvalue weighted by Gasteiger charge is -2.04. The van der Waals surface area contributed by atoms with Crippen LogP contribution in [0.4, 0.5) is 0 Å². The van der Waals surface area contributed by atoms with Crippen molar-refractivity contribution in [2.45, 2.75) is 11.1 Å². The highest BCUT2D eigenvalue weighted by molar-refractivity contribution is 8.00. The third kappa shape index (κ3) is 3.17. The molecule has 60 valence electrons. The van der Waals surface area contributed by atoms with Crippen LogP contribution in [0.3, 0.4) is 0 Å². The number of thioether (sulfide) groups is 1. The number of halogens is 1. The number of hydrogen-bond donors (Lipinski definition) is 0. The standard InChI is InChI=1S/C9H11ClS/c1-11-9(10)7-8-5-3-2-4-6-8/h2-6,9H,7H2,1H3. The summed E-state index contributed by atoms with van der Waals surface area (Å²) in [5, 5.41) is 0. The Bertz CT molecular complexity index is 198. The normalized spacial score (nSPS) is 12.9. The molecule has 0 heterocycles. The number of alkyl halides is 1. The Kier molecular flexibility index (Phi) is 3.81. The highest BCUT2D eigenvalue weighted by atomic mass is 35.5. The molecule has 1 aromatic rings. The van der Waals surface area contributed by atoms with Crippen molar-refractivity contribution in [3.8, 4) is 0 Å². The molecular formula is C9H11ClS. The van der Waals surface area contributed by atoms with Crippen LogP contribution >= 0.6 is 23.4 Å². The van der Waals surface area contributed by atoms with E-state index in [9.17, 15) is 0 Å². The average molecular weight is 187 g/mol. The minimum Gasteiger partial charge on any atom is -0.145 e. The topological polar surface area (TPSA) is 0 Å². The molecule has 1 rings (SSSR count). The van der Waals surface area contributed by atoms with Crippen LogP contribution in [0.1, 0.15) is 5.56 Å². The summed E-state index contributed by atoms with van der Waals surface area (Å²) in [6.45, 7) is 0. The molecule has 0 aromatic heterocycles. The second kappa shape index (κ2) is 4.68. The SMILES string of the molecule is CSC(Cl)Cc1ccccc1. The lowest BCUT2D eigenvalue weighted by Crippen LogP contribution is -1.96. The Morgan fingerprint density at radius 3 is 2.55 bits per heavy atom. The van der Waals surface area contributed by atoms with E-state index >= 15 is 0 Å². The first-order valence-corrected chi connectivity index (χ1v) is 5.26. The zero-order valence-corrected chi connectivity index (χ0v) is 8.03. The maximum atomic E-state index is 5.96. The molecule has 0 bridgehead atoms. The second-order valence-corrected chi connectivity index (χ2v) is 4.16. The minimum absolute atomic E-state index is 0.206. The van der Waals surface area contributed by atoms with Gasteiger partial charge in [-0.25, -0.2) is 0 Å². The van der Waals surface area contributed by atoms with Crippen molar-refractivity contribution in [2.75, 3.05) is 6.26 Å². The van der Waals surface area contributed by atoms with Gasteiger partial charge in [0.15, 0.2) is 0 Å². The van der Waals surface area contributed by atoms with Gasteiger partial charge in [0.25, 0.3) is 0 Å². The molecule has 0 aliphatic rings. The zero-order valence-electron chi connectivity index (χ0n) is 6.46. The fourth-order valence-electron chi connectivity index (χ4n) is 0.883. The Morgan fingerprint density at radius 2 is 2.00 bits per heavy atom. The van der Waals surface area contributed by atoms with E-state index in [4.69, 9.17) is 11.6 Å². The van der Waals surface area contributed by atoms with Gasteiger partial charge in [-0.2, -0.15) is 0 Å². The maximum absolute atomic E-state index is 5.96. The largest absolute Gasteiger partial charge is 0.145 e. The average Bonchev–Trinajstić information content (AvgIpc) is 2.06. The summed E-state index contributed by atoms with van der Waals surface area (Å²) in [5.41, 5.74) is 1.31. The first kappa shape index (κ1) is 8.95. The highest BCUT2D eigenvalue weighted by Crippen LogP contribution is 2.16. The van der Waals surface area contributed by atoms with E-state index in [2.05, 4.69) is 12.1 Å². The van der Waals surface area contributed by atoms with Gasteiger partial charge in [-0.15, -0.1) is 23.4 Å². The number of hydrogen-bond acceptors (Lipinski definition) is 1. The molecule has 0 amide bonds. The Balaban J connectivity index is 2.51. The van der Waals surface area contributed by atoms with Crippen molar-refractivity contribution >= 4 is 23.4 Å². The molecule has 0 nitrogen and oxygen atoms in total. The molecular weight excluding hydrogens is 176 g/mol. The summed E-state index contributed by atoms with van der Waals surface area (Å²) in [6.07, 6.45) is 2.98.